The van der Waals surface area contributed by atoms with Gasteiger partial charge < -0.3 is 25.2 Å². The van der Waals surface area contributed by atoms with Gasteiger partial charge in [-0.15, -0.1) is 0 Å². The van der Waals surface area contributed by atoms with E-state index in [0.717, 1.165) is 70.6 Å². The van der Waals surface area contributed by atoms with Crippen LogP contribution < -0.4 is 5.73 Å². The van der Waals surface area contributed by atoms with Crippen LogP contribution in [-0.4, -0.2) is 59.9 Å². The van der Waals surface area contributed by atoms with E-state index in [1.165, 1.54) is 70.6 Å². The molecule has 0 aromatic rings. The smallest absolute Gasteiger partial charge is 0.472 e. The molecule has 0 aromatic heterocycles. The molecule has 0 aliphatic carbocycles. The van der Waals surface area contributed by atoms with E-state index in [1.54, 1.807) is 0 Å². The minimum absolute atomic E-state index is 0.155. The zero-order valence-corrected chi connectivity index (χ0v) is 34.7. The van der Waals surface area contributed by atoms with E-state index in [9.17, 15) is 23.8 Å². The second-order valence-corrected chi connectivity index (χ2v) is 15.6. The summed E-state index contributed by atoms with van der Waals surface area (Å²) in [5.74, 6) is -2.40. The Morgan fingerprint density at radius 1 is 0.574 bits per heavy atom. The van der Waals surface area contributed by atoms with Crippen molar-refractivity contribution in [2.75, 3.05) is 19.8 Å². The average molecular weight is 786 g/mol. The molecule has 3 atom stereocenters. The zero-order chi connectivity index (χ0) is 40.0. The summed E-state index contributed by atoms with van der Waals surface area (Å²) in [5.41, 5.74) is 5.32. The first-order valence-electron chi connectivity index (χ1n) is 21.0. The summed E-state index contributed by atoms with van der Waals surface area (Å²) in [6, 6.07) is -1.52. The minimum Gasteiger partial charge on any atom is -0.480 e. The summed E-state index contributed by atoms with van der Waals surface area (Å²) < 4.78 is 32.6. The lowest BCUT2D eigenvalue weighted by Crippen LogP contribution is -2.34. The van der Waals surface area contributed by atoms with Crippen LogP contribution in [0.3, 0.4) is 0 Å². The van der Waals surface area contributed by atoms with Crippen LogP contribution in [0.15, 0.2) is 36.5 Å². The number of hydrogen-bond acceptors (Lipinski definition) is 9. The highest BCUT2D eigenvalue weighted by Crippen LogP contribution is 2.43. The van der Waals surface area contributed by atoms with Crippen molar-refractivity contribution in [3.8, 4) is 0 Å². The number of carboxylic acid groups (broad SMARTS) is 1. The Bertz CT molecular complexity index is 1060. The molecule has 11 nitrogen and oxygen atoms in total. The maximum atomic E-state index is 12.6. The molecule has 0 aromatic carbocycles. The standard InChI is InChI=1S/C42H76NO10P/c1-3-5-7-9-11-13-15-16-17-18-19-20-21-22-24-26-28-30-32-34-41(45)53-38(36-51-54(48,49)52-37-39(43)42(46)47)35-50-40(44)33-31-29-27-25-23-14-12-10-8-6-4-2/h10-13,16-17,38-39H,3-9,14-15,18-37,43H2,1-2H3,(H,46,47)(H,48,49)/b12-10-,13-11-,17-16-. The predicted molar refractivity (Wildman–Crippen MR) is 217 cm³/mol. The number of carboxylic acids is 1. The molecule has 0 aliphatic heterocycles. The largest absolute Gasteiger partial charge is 0.480 e. The molecule has 4 N–H and O–H groups in total. The van der Waals surface area contributed by atoms with E-state index in [1.807, 2.05) is 0 Å². The molecule has 54 heavy (non-hydrogen) atoms. The van der Waals surface area contributed by atoms with Gasteiger partial charge in [0.2, 0.25) is 0 Å². The molecule has 0 aliphatic rings. The molecule has 0 spiro atoms. The Morgan fingerprint density at radius 3 is 1.52 bits per heavy atom. The average Bonchev–Trinajstić information content (AvgIpc) is 3.14. The minimum atomic E-state index is -4.71. The van der Waals surface area contributed by atoms with Gasteiger partial charge in [-0.25, -0.2) is 4.57 Å². The van der Waals surface area contributed by atoms with Crippen molar-refractivity contribution in [1.29, 1.82) is 0 Å². The summed E-state index contributed by atoms with van der Waals surface area (Å²) in [6.07, 6.45) is 39.2. The Labute approximate surface area is 327 Å². The molecule has 0 saturated carbocycles. The molecule has 0 amide bonds. The fraction of sp³-hybridized carbons (Fsp3) is 0.786. The van der Waals surface area contributed by atoms with Gasteiger partial charge in [0.1, 0.15) is 12.6 Å². The molecule has 12 heteroatoms. The first-order chi connectivity index (χ1) is 26.1. The number of allylic oxidation sites excluding steroid dienone is 6. The normalized spacial score (nSPS) is 14.1. The number of unbranched alkanes of at least 4 members (excludes halogenated alkanes) is 19. The Kier molecular flexibility index (Phi) is 36.0. The number of nitrogens with two attached hydrogens (primary N) is 1. The number of ether oxygens (including phenoxy) is 2. The van der Waals surface area contributed by atoms with E-state index >= 15 is 0 Å². The highest BCUT2D eigenvalue weighted by Gasteiger charge is 2.28. The molecule has 0 saturated heterocycles. The van der Waals surface area contributed by atoms with E-state index in [0.29, 0.717) is 12.8 Å². The Morgan fingerprint density at radius 2 is 1.00 bits per heavy atom. The fourth-order valence-electron chi connectivity index (χ4n) is 5.49. The van der Waals surface area contributed by atoms with Crippen LogP contribution in [0.1, 0.15) is 181 Å². The van der Waals surface area contributed by atoms with Crippen LogP contribution in [0.2, 0.25) is 0 Å². The first kappa shape index (κ1) is 51.7. The summed E-state index contributed by atoms with van der Waals surface area (Å²) >= 11 is 0. The SMILES string of the molecule is CCCC/C=C\CCCCCCCC(=O)OCC(COP(=O)(O)OCC(N)C(=O)O)OC(=O)CCCCCCCCCCC/C=C\C/C=C\CCCCC. The second-order valence-electron chi connectivity index (χ2n) is 14.1. The van der Waals surface area contributed by atoms with Crippen LogP contribution >= 0.6 is 7.82 Å². The van der Waals surface area contributed by atoms with Crippen LogP contribution in [0.5, 0.6) is 0 Å². The predicted octanol–water partition coefficient (Wildman–Crippen LogP) is 10.8. The number of esters is 2. The monoisotopic (exact) mass is 786 g/mol. The van der Waals surface area contributed by atoms with Gasteiger partial charge in [0, 0.05) is 12.8 Å². The number of phosphoric ester groups is 1. The number of hydrogen-bond donors (Lipinski definition) is 3. The highest BCUT2D eigenvalue weighted by atomic mass is 31.2. The molecule has 0 fully saturated rings. The van der Waals surface area contributed by atoms with Gasteiger partial charge >= 0.3 is 25.7 Å². The van der Waals surface area contributed by atoms with Crippen LogP contribution in [0.4, 0.5) is 0 Å². The van der Waals surface area contributed by atoms with E-state index in [2.05, 4.69) is 54.8 Å². The Hall–Kier alpha value is -2.30. The van der Waals surface area contributed by atoms with Crippen molar-refractivity contribution >= 4 is 25.7 Å². The van der Waals surface area contributed by atoms with E-state index in [-0.39, 0.29) is 19.4 Å². The van der Waals surface area contributed by atoms with E-state index in [4.69, 9.17) is 24.8 Å². The zero-order valence-electron chi connectivity index (χ0n) is 33.8. The van der Waals surface area contributed by atoms with Crippen LogP contribution in [0, 0.1) is 0 Å². The fourth-order valence-corrected chi connectivity index (χ4v) is 6.26. The second kappa shape index (κ2) is 37.6. The quantitative estimate of drug-likeness (QED) is 0.0234. The Balaban J connectivity index is 4.35. The molecular formula is C42H76NO10P. The van der Waals surface area contributed by atoms with Crippen molar-refractivity contribution in [2.45, 2.75) is 193 Å². The lowest BCUT2D eigenvalue weighted by atomic mass is 10.1. The van der Waals surface area contributed by atoms with Crippen molar-refractivity contribution in [3.05, 3.63) is 36.5 Å². The molecule has 0 heterocycles. The van der Waals surface area contributed by atoms with E-state index < -0.39 is 51.1 Å². The van der Waals surface area contributed by atoms with Gasteiger partial charge in [0.15, 0.2) is 6.10 Å². The van der Waals surface area contributed by atoms with Crippen molar-refractivity contribution < 1.29 is 47.5 Å². The summed E-state index contributed by atoms with van der Waals surface area (Å²) in [6.45, 7) is 2.72. The molecule has 314 valence electrons. The maximum Gasteiger partial charge on any atom is 0.472 e. The topological polar surface area (TPSA) is 172 Å². The lowest BCUT2D eigenvalue weighted by molar-refractivity contribution is -0.161. The molecule has 0 bridgehead atoms. The maximum absolute atomic E-state index is 12.6. The number of aliphatic carboxylic acids is 1. The van der Waals surface area contributed by atoms with Crippen LogP contribution in [0.25, 0.3) is 0 Å². The van der Waals surface area contributed by atoms with Gasteiger partial charge in [-0.05, 0) is 64.2 Å². The van der Waals surface area contributed by atoms with Crippen LogP contribution in [-0.2, 0) is 37.5 Å². The van der Waals surface area contributed by atoms with Crippen molar-refractivity contribution in [2.24, 2.45) is 5.73 Å². The molecule has 0 rings (SSSR count). The van der Waals surface area contributed by atoms with Crippen molar-refractivity contribution in [3.63, 3.8) is 0 Å². The molecule has 3 unspecified atom stereocenters. The molecule has 0 radical (unpaired) electrons. The third-order valence-corrected chi connectivity index (χ3v) is 9.81. The summed E-state index contributed by atoms with van der Waals surface area (Å²) in [5, 5.41) is 8.87. The number of carbonyl (C=O) groups excluding carboxylic acids is 2. The number of carbonyl (C=O) groups is 3. The van der Waals surface area contributed by atoms with Gasteiger partial charge in [-0.2, -0.15) is 0 Å². The van der Waals surface area contributed by atoms with Gasteiger partial charge in [-0.3, -0.25) is 23.4 Å². The summed E-state index contributed by atoms with van der Waals surface area (Å²) in [4.78, 5) is 45.8. The van der Waals surface area contributed by atoms with Gasteiger partial charge in [0.25, 0.3) is 0 Å². The third-order valence-electron chi connectivity index (χ3n) is 8.86. The molecular weight excluding hydrogens is 709 g/mol. The third kappa shape index (κ3) is 36.7. The van der Waals surface area contributed by atoms with Crippen molar-refractivity contribution in [1.82, 2.24) is 0 Å². The highest BCUT2D eigenvalue weighted by molar-refractivity contribution is 7.47. The number of rotatable bonds is 39. The lowest BCUT2D eigenvalue weighted by Gasteiger charge is -2.20. The first-order valence-corrected chi connectivity index (χ1v) is 22.5. The summed E-state index contributed by atoms with van der Waals surface area (Å²) in [7, 11) is -4.71. The van der Waals surface area contributed by atoms with Gasteiger partial charge in [0.05, 0.1) is 13.2 Å². The number of phosphoric acid groups is 1. The van der Waals surface area contributed by atoms with Gasteiger partial charge in [-0.1, -0.05) is 140 Å².